The second-order valence-corrected chi connectivity index (χ2v) is 6.90. The number of amides is 1. The minimum Gasteiger partial charge on any atom is -0.383 e. The first-order chi connectivity index (χ1) is 13.0. The Morgan fingerprint density at radius 3 is 2.67 bits per heavy atom. The molecule has 27 heavy (non-hydrogen) atoms. The van der Waals surface area contributed by atoms with Crippen molar-refractivity contribution in [2.75, 3.05) is 20.3 Å². The molecule has 0 atom stereocenters. The molecule has 0 spiro atoms. The molecule has 0 aliphatic heterocycles. The topological polar surface area (TPSA) is 68.5 Å². The van der Waals surface area contributed by atoms with Gasteiger partial charge in [0.2, 0.25) is 0 Å². The van der Waals surface area contributed by atoms with Gasteiger partial charge in [0.1, 0.15) is 0 Å². The third kappa shape index (κ3) is 4.17. The Morgan fingerprint density at radius 1 is 1.26 bits per heavy atom. The maximum atomic E-state index is 13.5. The molecule has 142 valence electrons. The molecule has 0 fully saturated rings. The summed E-state index contributed by atoms with van der Waals surface area (Å²) in [5, 5.41) is 4.69. The highest BCUT2D eigenvalue weighted by atomic mass is 16.5. The van der Waals surface area contributed by atoms with Crippen molar-refractivity contribution in [3.8, 4) is 0 Å². The van der Waals surface area contributed by atoms with E-state index in [0.29, 0.717) is 42.1 Å². The standard InChI is InChI=1S/C21H25N3O3/c1-14(2)18-12-17(19-15(3)23-27-20(19)22-18)21(25)24(10-11-26-4)13-16-8-6-5-7-9-16/h5-9,12,14H,10-11,13H2,1-4H3. The molecule has 6 nitrogen and oxygen atoms in total. The number of fused-ring (bicyclic) bond motifs is 1. The van der Waals surface area contributed by atoms with Crippen LogP contribution in [0.5, 0.6) is 0 Å². The Balaban J connectivity index is 2.03. The zero-order chi connectivity index (χ0) is 19.4. The van der Waals surface area contributed by atoms with E-state index in [2.05, 4.69) is 10.1 Å². The molecule has 0 saturated carbocycles. The van der Waals surface area contributed by atoms with Crippen molar-refractivity contribution in [3.63, 3.8) is 0 Å². The third-order valence-electron chi connectivity index (χ3n) is 4.53. The van der Waals surface area contributed by atoms with Crippen LogP contribution >= 0.6 is 0 Å². The van der Waals surface area contributed by atoms with Crippen LogP contribution in [0.15, 0.2) is 40.9 Å². The molecular weight excluding hydrogens is 342 g/mol. The zero-order valence-corrected chi connectivity index (χ0v) is 16.2. The predicted octanol–water partition coefficient (Wildman–Crippen LogP) is 3.94. The quantitative estimate of drug-likeness (QED) is 0.633. The Hall–Kier alpha value is -2.73. The van der Waals surface area contributed by atoms with Gasteiger partial charge in [-0.3, -0.25) is 4.79 Å². The summed E-state index contributed by atoms with van der Waals surface area (Å²) in [6.45, 7) is 7.38. The number of rotatable bonds is 7. The van der Waals surface area contributed by atoms with Crippen LogP contribution in [0.2, 0.25) is 0 Å². The van der Waals surface area contributed by atoms with Gasteiger partial charge in [-0.05, 0) is 24.5 Å². The number of carbonyl (C=O) groups is 1. The zero-order valence-electron chi connectivity index (χ0n) is 16.2. The van der Waals surface area contributed by atoms with Crippen LogP contribution in [0.3, 0.4) is 0 Å². The first kappa shape index (κ1) is 19.0. The lowest BCUT2D eigenvalue weighted by Gasteiger charge is -2.23. The summed E-state index contributed by atoms with van der Waals surface area (Å²) in [5.74, 6) is 0.101. The molecule has 0 saturated heterocycles. The van der Waals surface area contributed by atoms with Gasteiger partial charge in [0.15, 0.2) is 0 Å². The maximum absolute atomic E-state index is 13.5. The Kier molecular flexibility index (Phi) is 5.86. The van der Waals surface area contributed by atoms with Gasteiger partial charge in [-0.15, -0.1) is 0 Å². The largest absolute Gasteiger partial charge is 0.383 e. The summed E-state index contributed by atoms with van der Waals surface area (Å²) in [7, 11) is 1.64. The Labute approximate surface area is 159 Å². The van der Waals surface area contributed by atoms with Crippen LogP contribution in [0.4, 0.5) is 0 Å². The number of hydrogen-bond donors (Lipinski definition) is 0. The number of hydrogen-bond acceptors (Lipinski definition) is 5. The maximum Gasteiger partial charge on any atom is 0.259 e. The van der Waals surface area contributed by atoms with Crippen LogP contribution in [0.25, 0.3) is 11.1 Å². The van der Waals surface area contributed by atoms with E-state index in [1.165, 1.54) is 0 Å². The summed E-state index contributed by atoms with van der Waals surface area (Å²) >= 11 is 0. The number of carbonyl (C=O) groups excluding carboxylic acids is 1. The molecule has 3 rings (SSSR count). The van der Waals surface area contributed by atoms with Gasteiger partial charge in [0, 0.05) is 25.9 Å². The lowest BCUT2D eigenvalue weighted by Crippen LogP contribution is -2.33. The highest BCUT2D eigenvalue weighted by Crippen LogP contribution is 2.26. The molecule has 3 aromatic rings. The Morgan fingerprint density at radius 2 is 2.00 bits per heavy atom. The summed E-state index contributed by atoms with van der Waals surface area (Å²) in [6.07, 6.45) is 0. The van der Waals surface area contributed by atoms with Crippen LogP contribution in [-0.2, 0) is 11.3 Å². The summed E-state index contributed by atoms with van der Waals surface area (Å²) < 4.78 is 10.6. The van der Waals surface area contributed by atoms with E-state index in [1.807, 2.05) is 57.2 Å². The first-order valence-electron chi connectivity index (χ1n) is 9.10. The van der Waals surface area contributed by atoms with Gasteiger partial charge < -0.3 is 14.2 Å². The Bertz CT molecular complexity index is 919. The first-order valence-corrected chi connectivity index (χ1v) is 9.10. The fourth-order valence-electron chi connectivity index (χ4n) is 3.01. The van der Waals surface area contributed by atoms with Crippen molar-refractivity contribution in [1.82, 2.24) is 15.0 Å². The molecule has 1 aromatic carbocycles. The van der Waals surface area contributed by atoms with Crippen molar-refractivity contribution in [1.29, 1.82) is 0 Å². The van der Waals surface area contributed by atoms with Crippen molar-refractivity contribution in [2.45, 2.75) is 33.2 Å². The van der Waals surface area contributed by atoms with Crippen molar-refractivity contribution < 1.29 is 14.1 Å². The molecule has 2 aromatic heterocycles. The SMILES string of the molecule is COCCN(Cc1ccccc1)C(=O)c1cc(C(C)C)nc2onc(C)c12. The number of pyridine rings is 1. The number of nitrogens with zero attached hydrogens (tertiary/aromatic N) is 3. The molecule has 6 heteroatoms. The van der Waals surface area contributed by atoms with Gasteiger partial charge in [-0.1, -0.05) is 49.3 Å². The lowest BCUT2D eigenvalue weighted by molar-refractivity contribution is 0.0682. The smallest absolute Gasteiger partial charge is 0.259 e. The number of aryl methyl sites for hydroxylation is 1. The van der Waals surface area contributed by atoms with Crippen LogP contribution in [-0.4, -0.2) is 41.2 Å². The van der Waals surface area contributed by atoms with Gasteiger partial charge in [-0.25, -0.2) is 4.98 Å². The summed E-state index contributed by atoms with van der Waals surface area (Å²) in [6, 6.07) is 11.8. The van der Waals surface area contributed by atoms with Gasteiger partial charge in [0.25, 0.3) is 11.6 Å². The second kappa shape index (κ2) is 8.31. The molecular formula is C21H25N3O3. The van der Waals surface area contributed by atoms with Crippen molar-refractivity contribution in [2.24, 2.45) is 0 Å². The van der Waals surface area contributed by atoms with E-state index in [-0.39, 0.29) is 11.8 Å². The van der Waals surface area contributed by atoms with Crippen molar-refractivity contribution in [3.05, 3.63) is 58.9 Å². The fourth-order valence-corrected chi connectivity index (χ4v) is 3.01. The monoisotopic (exact) mass is 367 g/mol. The molecule has 1 amide bonds. The molecule has 0 bridgehead atoms. The average molecular weight is 367 g/mol. The highest BCUT2D eigenvalue weighted by Gasteiger charge is 2.24. The number of ether oxygens (including phenoxy) is 1. The van der Waals surface area contributed by atoms with Gasteiger partial charge in [0.05, 0.1) is 23.3 Å². The molecule has 0 radical (unpaired) electrons. The summed E-state index contributed by atoms with van der Waals surface area (Å²) in [5.41, 5.74) is 3.54. The van der Waals surface area contributed by atoms with Crippen LogP contribution in [0.1, 0.15) is 47.1 Å². The normalized spacial score (nSPS) is 11.3. The fraction of sp³-hybridized carbons (Fsp3) is 0.381. The number of benzene rings is 1. The van der Waals surface area contributed by atoms with E-state index in [1.54, 1.807) is 12.0 Å². The minimum atomic E-state index is -0.0727. The highest BCUT2D eigenvalue weighted by molar-refractivity contribution is 6.06. The van der Waals surface area contributed by atoms with Crippen LogP contribution < -0.4 is 0 Å². The number of aromatic nitrogens is 2. The van der Waals surface area contributed by atoms with E-state index >= 15 is 0 Å². The van der Waals surface area contributed by atoms with E-state index < -0.39 is 0 Å². The molecule has 2 heterocycles. The van der Waals surface area contributed by atoms with Gasteiger partial charge in [-0.2, -0.15) is 0 Å². The molecule has 0 unspecified atom stereocenters. The molecule has 0 aliphatic rings. The third-order valence-corrected chi connectivity index (χ3v) is 4.53. The van der Waals surface area contributed by atoms with E-state index in [0.717, 1.165) is 11.3 Å². The van der Waals surface area contributed by atoms with Crippen molar-refractivity contribution >= 4 is 17.0 Å². The van der Waals surface area contributed by atoms with Gasteiger partial charge >= 0.3 is 0 Å². The van der Waals surface area contributed by atoms with E-state index in [4.69, 9.17) is 9.26 Å². The summed E-state index contributed by atoms with van der Waals surface area (Å²) in [4.78, 5) is 19.8. The second-order valence-electron chi connectivity index (χ2n) is 6.90. The average Bonchev–Trinajstić information content (AvgIpc) is 3.05. The number of methoxy groups -OCH3 is 1. The minimum absolute atomic E-state index is 0.0727. The predicted molar refractivity (Wildman–Crippen MR) is 104 cm³/mol. The lowest BCUT2D eigenvalue weighted by atomic mass is 10.0. The molecule has 0 aliphatic carbocycles. The molecule has 0 N–H and O–H groups in total. The van der Waals surface area contributed by atoms with E-state index in [9.17, 15) is 4.79 Å². The van der Waals surface area contributed by atoms with Crippen LogP contribution in [0, 0.1) is 6.92 Å².